The summed E-state index contributed by atoms with van der Waals surface area (Å²) in [6, 6.07) is 1.88. The van der Waals surface area contributed by atoms with Gasteiger partial charge in [0.25, 0.3) is 5.91 Å². The van der Waals surface area contributed by atoms with Gasteiger partial charge in [0.05, 0.1) is 16.6 Å². The van der Waals surface area contributed by atoms with Crippen molar-refractivity contribution in [3.05, 3.63) is 28.0 Å². The summed E-state index contributed by atoms with van der Waals surface area (Å²) in [4.78, 5) is 17.8. The molecule has 3 aromatic heterocycles. The second kappa shape index (κ2) is 7.58. The first-order valence-electron chi connectivity index (χ1n) is 9.93. The van der Waals surface area contributed by atoms with Crippen LogP contribution in [-0.2, 0) is 7.05 Å². The maximum Gasteiger partial charge on any atom is 0.258 e. The van der Waals surface area contributed by atoms with Gasteiger partial charge in [0, 0.05) is 18.7 Å². The zero-order chi connectivity index (χ0) is 19.8. The van der Waals surface area contributed by atoms with Crippen LogP contribution < -0.4 is 5.32 Å². The minimum Gasteiger partial charge on any atom is -0.296 e. The lowest BCUT2D eigenvalue weighted by molar-refractivity contribution is 0.102. The average molecular weight is 399 g/mol. The number of rotatable bonds is 4. The van der Waals surface area contributed by atoms with E-state index >= 15 is 0 Å². The van der Waals surface area contributed by atoms with Crippen molar-refractivity contribution in [2.45, 2.75) is 64.7 Å². The smallest absolute Gasteiger partial charge is 0.258 e. The molecule has 0 spiro atoms. The normalized spacial score (nSPS) is 15.5. The highest BCUT2D eigenvalue weighted by molar-refractivity contribution is 7.15. The molecule has 0 bridgehead atoms. The third kappa shape index (κ3) is 3.53. The summed E-state index contributed by atoms with van der Waals surface area (Å²) < 4.78 is 1.74. The van der Waals surface area contributed by atoms with Gasteiger partial charge in [-0.05, 0) is 31.7 Å². The van der Waals surface area contributed by atoms with Crippen molar-refractivity contribution in [1.82, 2.24) is 25.0 Å². The second-order valence-corrected chi connectivity index (χ2v) is 8.90. The van der Waals surface area contributed by atoms with E-state index in [-0.39, 0.29) is 11.8 Å². The molecule has 1 aliphatic carbocycles. The van der Waals surface area contributed by atoms with Crippen molar-refractivity contribution < 1.29 is 4.79 Å². The average Bonchev–Trinajstić information content (AvgIpc) is 3.26. The molecular weight excluding hydrogens is 372 g/mol. The van der Waals surface area contributed by atoms with E-state index in [1.165, 1.54) is 43.4 Å². The molecule has 0 saturated heterocycles. The third-order valence-electron chi connectivity index (χ3n) is 5.44. The van der Waals surface area contributed by atoms with Crippen LogP contribution in [0.25, 0.3) is 11.0 Å². The fraction of sp³-hybridized carbons (Fsp3) is 0.550. The van der Waals surface area contributed by atoms with Crippen molar-refractivity contribution in [2.75, 3.05) is 5.32 Å². The van der Waals surface area contributed by atoms with E-state index in [2.05, 4.69) is 34.5 Å². The number of aromatic nitrogens is 5. The number of anilines is 1. The van der Waals surface area contributed by atoms with Crippen LogP contribution in [-0.4, -0.2) is 30.9 Å². The Hall–Kier alpha value is -2.35. The molecule has 1 amide bonds. The summed E-state index contributed by atoms with van der Waals surface area (Å²) in [6.45, 7) is 6.04. The maximum atomic E-state index is 13.1. The number of pyridine rings is 1. The summed E-state index contributed by atoms with van der Waals surface area (Å²) in [5.74, 6) is 0.514. The van der Waals surface area contributed by atoms with Crippen LogP contribution in [0.3, 0.4) is 0 Å². The molecule has 1 saturated carbocycles. The number of amides is 1. The van der Waals surface area contributed by atoms with Gasteiger partial charge >= 0.3 is 0 Å². The van der Waals surface area contributed by atoms with Crippen molar-refractivity contribution >= 4 is 33.4 Å². The number of hydrogen-bond acceptors (Lipinski definition) is 6. The molecule has 28 heavy (non-hydrogen) atoms. The number of fused-ring (bicyclic) bond motifs is 1. The van der Waals surface area contributed by atoms with E-state index in [1.54, 1.807) is 4.68 Å². The Kier molecular flexibility index (Phi) is 5.14. The highest BCUT2D eigenvalue weighted by Gasteiger charge is 2.23. The Morgan fingerprint density at radius 2 is 2.00 bits per heavy atom. The Morgan fingerprint density at radius 1 is 1.25 bits per heavy atom. The predicted octanol–water partition coefficient (Wildman–Crippen LogP) is 4.55. The van der Waals surface area contributed by atoms with Gasteiger partial charge in [-0.3, -0.25) is 14.8 Å². The lowest BCUT2D eigenvalue weighted by Crippen LogP contribution is -2.14. The van der Waals surface area contributed by atoms with E-state index in [1.807, 2.05) is 20.0 Å². The largest absolute Gasteiger partial charge is 0.296 e. The van der Waals surface area contributed by atoms with Crippen LogP contribution in [0.1, 0.15) is 84.5 Å². The molecule has 1 aliphatic rings. The molecule has 148 valence electrons. The van der Waals surface area contributed by atoms with Gasteiger partial charge in [-0.25, -0.2) is 4.98 Å². The summed E-state index contributed by atoms with van der Waals surface area (Å²) in [6.07, 6.45) is 6.14. The fourth-order valence-electron chi connectivity index (χ4n) is 3.90. The topological polar surface area (TPSA) is 85.6 Å². The molecule has 0 atom stereocenters. The first-order chi connectivity index (χ1) is 13.4. The minimum absolute atomic E-state index is 0.184. The van der Waals surface area contributed by atoms with E-state index in [0.29, 0.717) is 16.6 Å². The number of nitrogens with one attached hydrogen (secondary N) is 1. The van der Waals surface area contributed by atoms with Gasteiger partial charge < -0.3 is 0 Å². The van der Waals surface area contributed by atoms with Crippen LogP contribution >= 0.6 is 11.3 Å². The van der Waals surface area contributed by atoms with Gasteiger partial charge in [-0.1, -0.05) is 44.4 Å². The highest BCUT2D eigenvalue weighted by atomic mass is 32.1. The Labute approximate surface area is 168 Å². The number of aryl methyl sites for hydroxylation is 2. The summed E-state index contributed by atoms with van der Waals surface area (Å²) in [5, 5.41) is 18.4. The summed E-state index contributed by atoms with van der Waals surface area (Å²) in [7, 11) is 1.86. The first kappa shape index (κ1) is 19.0. The fourth-order valence-corrected chi connectivity index (χ4v) is 4.81. The summed E-state index contributed by atoms with van der Waals surface area (Å²) >= 11 is 1.50. The first-order valence-corrected chi connectivity index (χ1v) is 10.7. The Bertz CT molecular complexity index is 1020. The zero-order valence-corrected chi connectivity index (χ0v) is 17.6. The van der Waals surface area contributed by atoms with Gasteiger partial charge in [-0.15, -0.1) is 10.2 Å². The van der Waals surface area contributed by atoms with Gasteiger partial charge in [0.2, 0.25) is 5.13 Å². The standard InChI is InChI=1S/C20H26N6OS/c1-11(2)15-10-14(16-12(3)25-26(4)17(16)21-15)18(27)22-20-24-23-19(28-20)13-8-6-5-7-9-13/h10-11,13H,5-9H2,1-4H3,(H,22,24,27). The van der Waals surface area contributed by atoms with Crippen molar-refractivity contribution in [2.24, 2.45) is 7.05 Å². The molecule has 0 aromatic carbocycles. The molecule has 7 nitrogen and oxygen atoms in total. The molecule has 0 aliphatic heterocycles. The van der Waals surface area contributed by atoms with E-state index in [9.17, 15) is 4.79 Å². The van der Waals surface area contributed by atoms with Crippen molar-refractivity contribution in [3.63, 3.8) is 0 Å². The predicted molar refractivity (Wildman–Crippen MR) is 111 cm³/mol. The molecular formula is C20H26N6OS. The van der Waals surface area contributed by atoms with Crippen LogP contribution in [0.2, 0.25) is 0 Å². The van der Waals surface area contributed by atoms with E-state index < -0.39 is 0 Å². The molecule has 8 heteroatoms. The van der Waals surface area contributed by atoms with Crippen LogP contribution in [0.15, 0.2) is 6.07 Å². The summed E-state index contributed by atoms with van der Waals surface area (Å²) in [5.41, 5.74) is 2.99. The quantitative estimate of drug-likeness (QED) is 0.697. The maximum absolute atomic E-state index is 13.1. The zero-order valence-electron chi connectivity index (χ0n) is 16.8. The van der Waals surface area contributed by atoms with E-state index in [4.69, 9.17) is 4.98 Å². The number of carbonyl (C=O) groups excluding carboxylic acids is 1. The van der Waals surface area contributed by atoms with Gasteiger partial charge in [-0.2, -0.15) is 5.10 Å². The van der Waals surface area contributed by atoms with Crippen molar-refractivity contribution in [1.29, 1.82) is 0 Å². The number of carbonyl (C=O) groups is 1. The molecule has 0 radical (unpaired) electrons. The van der Waals surface area contributed by atoms with Crippen LogP contribution in [0.5, 0.6) is 0 Å². The Morgan fingerprint density at radius 3 is 2.71 bits per heavy atom. The molecule has 3 aromatic rings. The van der Waals surface area contributed by atoms with Crippen LogP contribution in [0, 0.1) is 6.92 Å². The number of nitrogens with zero attached hydrogens (tertiary/aromatic N) is 5. The second-order valence-electron chi connectivity index (χ2n) is 7.89. The molecule has 0 unspecified atom stereocenters. The number of hydrogen-bond donors (Lipinski definition) is 1. The molecule has 1 fully saturated rings. The third-order valence-corrected chi connectivity index (χ3v) is 6.44. The minimum atomic E-state index is -0.184. The molecule has 1 N–H and O–H groups in total. The van der Waals surface area contributed by atoms with Gasteiger partial charge in [0.1, 0.15) is 5.01 Å². The highest BCUT2D eigenvalue weighted by Crippen LogP contribution is 2.35. The SMILES string of the molecule is Cc1nn(C)c2nc(C(C)C)cc(C(=O)Nc3nnc(C4CCCCC4)s3)c12. The van der Waals surface area contributed by atoms with Crippen molar-refractivity contribution in [3.8, 4) is 0 Å². The lowest BCUT2D eigenvalue weighted by atomic mass is 9.90. The molecule has 3 heterocycles. The molecule has 4 rings (SSSR count). The van der Waals surface area contributed by atoms with Gasteiger partial charge in [0.15, 0.2) is 5.65 Å². The lowest BCUT2D eigenvalue weighted by Gasteiger charge is -2.18. The Balaban J connectivity index is 1.64. The van der Waals surface area contributed by atoms with E-state index in [0.717, 1.165) is 27.4 Å². The van der Waals surface area contributed by atoms with Crippen LogP contribution in [0.4, 0.5) is 5.13 Å². The monoisotopic (exact) mass is 398 g/mol.